The molecule has 0 spiro atoms. The second kappa shape index (κ2) is 6.23. The second-order valence-electron chi connectivity index (χ2n) is 5.29. The Morgan fingerprint density at radius 2 is 2.14 bits per heavy atom. The van der Waals surface area contributed by atoms with E-state index in [4.69, 9.17) is 15.4 Å². The largest absolute Gasteiger partial charge is 0.495 e. The molecule has 1 saturated carbocycles. The van der Waals surface area contributed by atoms with Crippen molar-refractivity contribution in [2.75, 3.05) is 7.11 Å². The van der Waals surface area contributed by atoms with Gasteiger partial charge in [-0.2, -0.15) is 0 Å². The molecule has 1 aliphatic carbocycles. The van der Waals surface area contributed by atoms with Crippen LogP contribution in [0.3, 0.4) is 0 Å². The zero-order chi connectivity index (χ0) is 15.6. The van der Waals surface area contributed by atoms with E-state index in [0.29, 0.717) is 11.5 Å². The average molecular weight is 332 g/mol. The van der Waals surface area contributed by atoms with Crippen LogP contribution in [0.1, 0.15) is 25.3 Å². The molecule has 0 bridgehead atoms. The fraction of sp³-hybridized carbons (Fsp3) is 0.500. The molecule has 5 nitrogen and oxygen atoms in total. The van der Waals surface area contributed by atoms with Gasteiger partial charge in [0.25, 0.3) is 9.05 Å². The van der Waals surface area contributed by atoms with Crippen LogP contribution in [0.5, 0.6) is 5.75 Å². The normalized spacial score (nSPS) is 16.3. The maximum Gasteiger partial charge on any atom is 0.264 e. The van der Waals surface area contributed by atoms with Crippen molar-refractivity contribution in [3.05, 3.63) is 23.8 Å². The third-order valence-corrected chi connectivity index (χ3v) is 4.92. The first kappa shape index (κ1) is 16.1. The van der Waals surface area contributed by atoms with Gasteiger partial charge in [0.1, 0.15) is 10.6 Å². The fourth-order valence-electron chi connectivity index (χ4n) is 2.23. The third kappa shape index (κ3) is 4.35. The smallest absolute Gasteiger partial charge is 0.264 e. The SMILES string of the molecule is COc1ccc(CC(=O)NC(C)C2CC2)cc1S(=O)(=O)Cl. The number of carbonyl (C=O) groups excluding carboxylic acids is 1. The van der Waals surface area contributed by atoms with Gasteiger partial charge >= 0.3 is 0 Å². The molecule has 1 aliphatic rings. The molecule has 1 N–H and O–H groups in total. The van der Waals surface area contributed by atoms with Gasteiger partial charge in [0, 0.05) is 16.7 Å². The molecular formula is C14H18ClNO4S. The van der Waals surface area contributed by atoms with Crippen molar-refractivity contribution < 1.29 is 17.9 Å². The van der Waals surface area contributed by atoms with Crippen molar-refractivity contribution in [2.24, 2.45) is 5.92 Å². The van der Waals surface area contributed by atoms with Crippen molar-refractivity contribution in [3.8, 4) is 5.75 Å². The van der Waals surface area contributed by atoms with Gasteiger partial charge in [-0.3, -0.25) is 4.79 Å². The summed E-state index contributed by atoms with van der Waals surface area (Å²) in [5.41, 5.74) is 0.579. The highest BCUT2D eigenvalue weighted by molar-refractivity contribution is 8.13. The van der Waals surface area contributed by atoms with Gasteiger partial charge in [-0.1, -0.05) is 6.07 Å². The maximum atomic E-state index is 11.9. The molecule has 0 aliphatic heterocycles. The van der Waals surface area contributed by atoms with Crippen LogP contribution >= 0.6 is 10.7 Å². The third-order valence-electron chi connectivity index (χ3n) is 3.57. The number of hydrogen-bond donors (Lipinski definition) is 1. The number of methoxy groups -OCH3 is 1. The molecule has 1 aromatic rings. The average Bonchev–Trinajstić information content (AvgIpc) is 3.21. The Balaban J connectivity index is 2.11. The number of ether oxygens (including phenoxy) is 1. The molecule has 0 aromatic heterocycles. The van der Waals surface area contributed by atoms with Crippen LogP contribution in [0.25, 0.3) is 0 Å². The summed E-state index contributed by atoms with van der Waals surface area (Å²) in [6.45, 7) is 1.98. The molecule has 1 unspecified atom stereocenters. The van der Waals surface area contributed by atoms with Crippen molar-refractivity contribution >= 4 is 25.6 Å². The first-order valence-corrected chi connectivity index (χ1v) is 9.03. The highest BCUT2D eigenvalue weighted by Gasteiger charge is 2.28. The van der Waals surface area contributed by atoms with Crippen molar-refractivity contribution in [2.45, 2.75) is 37.1 Å². The minimum atomic E-state index is -3.91. The zero-order valence-corrected chi connectivity index (χ0v) is 13.5. The predicted octanol–water partition coefficient (Wildman–Crippen LogP) is 2.08. The van der Waals surface area contributed by atoms with Crippen LogP contribution in [0.15, 0.2) is 23.1 Å². The Kier molecular flexibility index (Phi) is 4.78. The van der Waals surface area contributed by atoms with E-state index in [1.165, 1.54) is 19.2 Å². The molecule has 0 radical (unpaired) electrons. The summed E-state index contributed by atoms with van der Waals surface area (Å²) in [5, 5.41) is 2.92. The number of carbonyl (C=O) groups is 1. The van der Waals surface area contributed by atoms with E-state index >= 15 is 0 Å². The Morgan fingerprint density at radius 1 is 1.48 bits per heavy atom. The molecule has 0 heterocycles. The van der Waals surface area contributed by atoms with Crippen molar-refractivity contribution in [3.63, 3.8) is 0 Å². The van der Waals surface area contributed by atoms with E-state index in [9.17, 15) is 13.2 Å². The monoisotopic (exact) mass is 331 g/mol. The van der Waals surface area contributed by atoms with Crippen LogP contribution in [0, 0.1) is 5.92 Å². The lowest BCUT2D eigenvalue weighted by molar-refractivity contribution is -0.121. The summed E-state index contributed by atoms with van der Waals surface area (Å²) in [7, 11) is 2.83. The van der Waals surface area contributed by atoms with Crippen LogP contribution in [0.4, 0.5) is 0 Å². The Labute approximate surface area is 129 Å². The van der Waals surface area contributed by atoms with Gasteiger partial charge in [-0.05, 0) is 43.4 Å². The van der Waals surface area contributed by atoms with Crippen molar-refractivity contribution in [1.82, 2.24) is 5.32 Å². The molecule has 2 rings (SSSR count). The van der Waals surface area contributed by atoms with Gasteiger partial charge in [-0.25, -0.2) is 8.42 Å². The molecule has 116 valence electrons. The van der Waals surface area contributed by atoms with Gasteiger partial charge < -0.3 is 10.1 Å². The van der Waals surface area contributed by atoms with E-state index in [1.54, 1.807) is 6.07 Å². The lowest BCUT2D eigenvalue weighted by atomic mass is 10.1. The molecule has 21 heavy (non-hydrogen) atoms. The first-order valence-electron chi connectivity index (χ1n) is 6.72. The summed E-state index contributed by atoms with van der Waals surface area (Å²) in [4.78, 5) is 11.8. The van der Waals surface area contributed by atoms with E-state index in [1.807, 2.05) is 6.92 Å². The molecule has 1 aromatic carbocycles. The van der Waals surface area contributed by atoms with E-state index < -0.39 is 9.05 Å². The maximum absolute atomic E-state index is 11.9. The van der Waals surface area contributed by atoms with Crippen LogP contribution < -0.4 is 10.1 Å². The first-order chi connectivity index (χ1) is 9.81. The van der Waals surface area contributed by atoms with Crippen LogP contribution in [-0.2, 0) is 20.3 Å². The summed E-state index contributed by atoms with van der Waals surface area (Å²) >= 11 is 0. The number of benzene rings is 1. The molecule has 0 saturated heterocycles. The van der Waals surface area contributed by atoms with Crippen LogP contribution in [0.2, 0.25) is 0 Å². The minimum Gasteiger partial charge on any atom is -0.495 e. The highest BCUT2D eigenvalue weighted by Crippen LogP contribution is 2.32. The van der Waals surface area contributed by atoms with Gasteiger partial charge in [0.2, 0.25) is 5.91 Å². The molecule has 1 amide bonds. The summed E-state index contributed by atoms with van der Waals surface area (Å²) < 4.78 is 28.0. The van der Waals surface area contributed by atoms with Gasteiger partial charge in [-0.15, -0.1) is 0 Å². The molecule has 1 fully saturated rings. The molecule has 1 atom stereocenters. The molecular weight excluding hydrogens is 314 g/mol. The second-order valence-corrected chi connectivity index (χ2v) is 7.83. The Bertz CT molecular complexity index is 640. The van der Waals surface area contributed by atoms with E-state index in [-0.39, 0.29) is 29.0 Å². The Morgan fingerprint density at radius 3 is 2.67 bits per heavy atom. The number of nitrogens with one attached hydrogen (secondary N) is 1. The Hall–Kier alpha value is -1.27. The molecule has 7 heteroatoms. The highest BCUT2D eigenvalue weighted by atomic mass is 35.7. The lowest BCUT2D eigenvalue weighted by Crippen LogP contribution is -2.35. The number of halogens is 1. The minimum absolute atomic E-state index is 0.112. The van der Waals surface area contributed by atoms with E-state index in [0.717, 1.165) is 12.8 Å². The predicted molar refractivity (Wildman–Crippen MR) is 80.1 cm³/mol. The summed E-state index contributed by atoms with van der Waals surface area (Å²) in [6.07, 6.45) is 2.41. The van der Waals surface area contributed by atoms with Crippen molar-refractivity contribution in [1.29, 1.82) is 0 Å². The summed E-state index contributed by atoms with van der Waals surface area (Å²) in [5.74, 6) is 0.613. The summed E-state index contributed by atoms with van der Waals surface area (Å²) in [6, 6.07) is 4.70. The standard InChI is InChI=1S/C14H18ClNO4S/c1-9(11-4-5-11)16-14(17)8-10-3-6-12(20-2)13(7-10)21(15,18)19/h3,6-7,9,11H,4-5,8H2,1-2H3,(H,16,17). The lowest BCUT2D eigenvalue weighted by Gasteiger charge is -2.13. The number of amides is 1. The quantitative estimate of drug-likeness (QED) is 0.810. The number of hydrogen-bond acceptors (Lipinski definition) is 4. The zero-order valence-electron chi connectivity index (χ0n) is 11.9. The topological polar surface area (TPSA) is 72.5 Å². The number of rotatable bonds is 6. The van der Waals surface area contributed by atoms with Crippen LogP contribution in [-0.4, -0.2) is 27.5 Å². The fourth-order valence-corrected chi connectivity index (χ4v) is 3.27. The van der Waals surface area contributed by atoms with E-state index in [2.05, 4.69) is 5.32 Å². The van der Waals surface area contributed by atoms with Gasteiger partial charge in [0.15, 0.2) is 0 Å². The van der Waals surface area contributed by atoms with Gasteiger partial charge in [0.05, 0.1) is 13.5 Å².